The molecule has 2 rings (SSSR count). The number of ether oxygens (including phenoxy) is 1. The van der Waals surface area contributed by atoms with Gasteiger partial charge in [0.1, 0.15) is 0 Å². The van der Waals surface area contributed by atoms with Crippen LogP contribution in [0.5, 0.6) is 0 Å². The van der Waals surface area contributed by atoms with E-state index in [4.69, 9.17) is 4.74 Å². The van der Waals surface area contributed by atoms with Crippen LogP contribution >= 0.6 is 0 Å². The normalized spacial score (nSPS) is 24.4. The molecule has 4 nitrogen and oxygen atoms in total. The van der Waals surface area contributed by atoms with Gasteiger partial charge in [-0.05, 0) is 25.7 Å². The number of imidazole rings is 1. The minimum absolute atomic E-state index is 0.452. The predicted molar refractivity (Wildman–Crippen MR) is 67.8 cm³/mol. The van der Waals surface area contributed by atoms with Crippen molar-refractivity contribution in [1.29, 1.82) is 0 Å². The Hall–Kier alpha value is -0.870. The van der Waals surface area contributed by atoms with E-state index in [1.54, 1.807) is 0 Å². The quantitative estimate of drug-likeness (QED) is 0.822. The molecular formula is C13H23N3O. The summed E-state index contributed by atoms with van der Waals surface area (Å²) in [5.74, 6) is 0. The first-order chi connectivity index (χ1) is 8.33. The lowest BCUT2D eigenvalue weighted by molar-refractivity contribution is 0.107. The van der Waals surface area contributed by atoms with Crippen molar-refractivity contribution in [2.45, 2.75) is 57.8 Å². The molecule has 1 heterocycles. The van der Waals surface area contributed by atoms with Gasteiger partial charge in [0.15, 0.2) is 0 Å². The van der Waals surface area contributed by atoms with Crippen LogP contribution in [0.25, 0.3) is 0 Å². The number of rotatable bonds is 6. The maximum absolute atomic E-state index is 5.38. The second-order valence-electron chi connectivity index (χ2n) is 4.83. The van der Waals surface area contributed by atoms with Crippen molar-refractivity contribution in [3.05, 3.63) is 18.2 Å². The summed E-state index contributed by atoms with van der Waals surface area (Å²) in [6.45, 7) is 4.17. The maximum Gasteiger partial charge on any atom is 0.0948 e. The number of hydrogen-bond acceptors (Lipinski definition) is 3. The van der Waals surface area contributed by atoms with E-state index in [1.807, 2.05) is 19.6 Å². The monoisotopic (exact) mass is 237 g/mol. The highest BCUT2D eigenvalue weighted by Gasteiger charge is 2.23. The molecule has 0 saturated heterocycles. The average molecular weight is 237 g/mol. The van der Waals surface area contributed by atoms with Crippen LogP contribution in [0, 0.1) is 0 Å². The first kappa shape index (κ1) is 12.6. The minimum Gasteiger partial charge on any atom is -0.381 e. The Kier molecular flexibility index (Phi) is 4.57. The Labute approximate surface area is 103 Å². The van der Waals surface area contributed by atoms with Gasteiger partial charge in [0, 0.05) is 32.4 Å². The SMILES string of the molecule is CCCn1cncc1CNC1CCC(OC)C1. The zero-order chi connectivity index (χ0) is 12.1. The first-order valence-electron chi connectivity index (χ1n) is 6.58. The molecule has 1 fully saturated rings. The van der Waals surface area contributed by atoms with Crippen molar-refractivity contribution in [3.63, 3.8) is 0 Å². The Morgan fingerprint density at radius 2 is 2.41 bits per heavy atom. The molecule has 0 aromatic carbocycles. The molecule has 4 heteroatoms. The molecule has 0 aliphatic heterocycles. The van der Waals surface area contributed by atoms with Crippen LogP contribution in [-0.2, 0) is 17.8 Å². The van der Waals surface area contributed by atoms with E-state index in [0.29, 0.717) is 12.1 Å². The van der Waals surface area contributed by atoms with Crippen molar-refractivity contribution in [1.82, 2.24) is 14.9 Å². The third-order valence-electron chi connectivity index (χ3n) is 3.55. The minimum atomic E-state index is 0.452. The first-order valence-corrected chi connectivity index (χ1v) is 6.58. The van der Waals surface area contributed by atoms with Crippen LogP contribution in [0.15, 0.2) is 12.5 Å². The zero-order valence-corrected chi connectivity index (χ0v) is 10.9. The fourth-order valence-corrected chi connectivity index (χ4v) is 2.53. The molecule has 1 aromatic rings. The van der Waals surface area contributed by atoms with Crippen LogP contribution in [0.2, 0.25) is 0 Å². The Morgan fingerprint density at radius 1 is 1.53 bits per heavy atom. The second kappa shape index (κ2) is 6.17. The average Bonchev–Trinajstić information content (AvgIpc) is 2.95. The molecule has 1 aliphatic carbocycles. The van der Waals surface area contributed by atoms with Gasteiger partial charge in [0.25, 0.3) is 0 Å². The molecule has 2 unspecified atom stereocenters. The molecule has 0 spiro atoms. The van der Waals surface area contributed by atoms with E-state index < -0.39 is 0 Å². The summed E-state index contributed by atoms with van der Waals surface area (Å²) < 4.78 is 7.62. The van der Waals surface area contributed by atoms with Gasteiger partial charge in [-0.15, -0.1) is 0 Å². The Morgan fingerprint density at radius 3 is 3.12 bits per heavy atom. The van der Waals surface area contributed by atoms with E-state index in [0.717, 1.165) is 25.9 Å². The number of methoxy groups -OCH3 is 1. The molecule has 17 heavy (non-hydrogen) atoms. The second-order valence-corrected chi connectivity index (χ2v) is 4.83. The maximum atomic E-state index is 5.38. The van der Waals surface area contributed by atoms with Crippen LogP contribution in [0.3, 0.4) is 0 Å². The number of nitrogens with one attached hydrogen (secondary N) is 1. The summed E-state index contributed by atoms with van der Waals surface area (Å²) in [5.41, 5.74) is 1.28. The molecule has 0 bridgehead atoms. The highest BCUT2D eigenvalue weighted by Crippen LogP contribution is 2.21. The number of aryl methyl sites for hydroxylation is 1. The van der Waals surface area contributed by atoms with Crippen molar-refractivity contribution >= 4 is 0 Å². The van der Waals surface area contributed by atoms with Gasteiger partial charge in [-0.3, -0.25) is 0 Å². The molecule has 96 valence electrons. The Balaban J connectivity index is 1.79. The Bertz CT molecular complexity index is 337. The topological polar surface area (TPSA) is 39.1 Å². The van der Waals surface area contributed by atoms with Crippen LogP contribution < -0.4 is 5.32 Å². The van der Waals surface area contributed by atoms with Crippen LogP contribution in [0.4, 0.5) is 0 Å². The van der Waals surface area contributed by atoms with Crippen molar-refractivity contribution in [2.24, 2.45) is 0 Å². The summed E-state index contributed by atoms with van der Waals surface area (Å²) in [5, 5.41) is 3.61. The van der Waals surface area contributed by atoms with E-state index in [1.165, 1.54) is 18.5 Å². The predicted octanol–water partition coefficient (Wildman–Crippen LogP) is 1.95. The van der Waals surface area contributed by atoms with Gasteiger partial charge >= 0.3 is 0 Å². The lowest BCUT2D eigenvalue weighted by atomic mass is 10.2. The van der Waals surface area contributed by atoms with Crippen LogP contribution in [0.1, 0.15) is 38.3 Å². The molecule has 2 atom stereocenters. The lowest BCUT2D eigenvalue weighted by Crippen LogP contribution is -2.27. The summed E-state index contributed by atoms with van der Waals surface area (Å²) >= 11 is 0. The van der Waals surface area contributed by atoms with Gasteiger partial charge in [-0.2, -0.15) is 0 Å². The van der Waals surface area contributed by atoms with E-state index in [9.17, 15) is 0 Å². The molecule has 0 amide bonds. The van der Waals surface area contributed by atoms with Gasteiger partial charge in [-0.25, -0.2) is 4.98 Å². The van der Waals surface area contributed by atoms with E-state index in [-0.39, 0.29) is 0 Å². The van der Waals surface area contributed by atoms with E-state index >= 15 is 0 Å². The number of hydrogen-bond donors (Lipinski definition) is 1. The molecule has 0 radical (unpaired) electrons. The summed E-state index contributed by atoms with van der Waals surface area (Å²) in [6, 6.07) is 0.602. The zero-order valence-electron chi connectivity index (χ0n) is 10.9. The van der Waals surface area contributed by atoms with E-state index in [2.05, 4.69) is 21.8 Å². The fraction of sp³-hybridized carbons (Fsp3) is 0.769. The van der Waals surface area contributed by atoms with Crippen molar-refractivity contribution < 1.29 is 4.74 Å². The van der Waals surface area contributed by atoms with Crippen molar-refractivity contribution in [3.8, 4) is 0 Å². The smallest absolute Gasteiger partial charge is 0.0948 e. The highest BCUT2D eigenvalue weighted by atomic mass is 16.5. The largest absolute Gasteiger partial charge is 0.381 e. The lowest BCUT2D eigenvalue weighted by Gasteiger charge is -2.13. The number of nitrogens with zero attached hydrogens (tertiary/aromatic N) is 2. The molecule has 1 aromatic heterocycles. The van der Waals surface area contributed by atoms with Gasteiger partial charge in [0.2, 0.25) is 0 Å². The molecule has 1 saturated carbocycles. The fourth-order valence-electron chi connectivity index (χ4n) is 2.53. The third-order valence-corrected chi connectivity index (χ3v) is 3.55. The van der Waals surface area contributed by atoms with Gasteiger partial charge in [-0.1, -0.05) is 6.92 Å². The van der Waals surface area contributed by atoms with Gasteiger partial charge in [0.05, 0.1) is 18.1 Å². The summed E-state index contributed by atoms with van der Waals surface area (Å²) in [4.78, 5) is 4.22. The van der Waals surface area contributed by atoms with Gasteiger partial charge < -0.3 is 14.6 Å². The number of aromatic nitrogens is 2. The summed E-state index contributed by atoms with van der Waals surface area (Å²) in [7, 11) is 1.81. The third kappa shape index (κ3) is 3.30. The molecule has 1 aliphatic rings. The highest BCUT2D eigenvalue weighted by molar-refractivity contribution is 4.98. The molecular weight excluding hydrogens is 214 g/mol. The molecule has 1 N–H and O–H groups in total. The van der Waals surface area contributed by atoms with Crippen molar-refractivity contribution in [2.75, 3.05) is 7.11 Å². The standard InChI is InChI=1S/C13H23N3O/c1-3-6-16-10-14-8-12(16)9-15-11-4-5-13(7-11)17-2/h8,10-11,13,15H,3-7,9H2,1-2H3. The summed E-state index contributed by atoms with van der Waals surface area (Å²) in [6.07, 6.45) is 9.03. The van der Waals surface area contributed by atoms with Crippen LogP contribution in [-0.4, -0.2) is 28.8 Å².